The number of aromatic nitrogens is 3. The maximum absolute atomic E-state index is 13.9. The lowest BCUT2D eigenvalue weighted by molar-refractivity contribution is -0.123. The number of anilines is 1. The number of pyridine rings is 1. The highest BCUT2D eigenvalue weighted by molar-refractivity contribution is 6.09. The number of rotatable bonds is 6. The van der Waals surface area contributed by atoms with E-state index in [1.807, 2.05) is 24.3 Å². The fraction of sp³-hybridized carbons (Fsp3) is 0.393. The van der Waals surface area contributed by atoms with Crippen molar-refractivity contribution in [3.63, 3.8) is 0 Å². The molecule has 0 bridgehead atoms. The molecule has 1 saturated carbocycles. The van der Waals surface area contributed by atoms with Crippen LogP contribution in [0.3, 0.4) is 0 Å². The van der Waals surface area contributed by atoms with Gasteiger partial charge in [0.2, 0.25) is 5.91 Å². The normalized spacial score (nSPS) is 15.1. The molecule has 1 atom stereocenters. The second kappa shape index (κ2) is 10.7. The van der Waals surface area contributed by atoms with Gasteiger partial charge in [0.15, 0.2) is 0 Å². The number of nitrogens with zero attached hydrogens (tertiary/aromatic N) is 4. The van der Waals surface area contributed by atoms with Crippen LogP contribution >= 0.6 is 0 Å². The number of hydrogen-bond donors (Lipinski definition) is 2. The Morgan fingerprint density at radius 1 is 1.14 bits per heavy atom. The summed E-state index contributed by atoms with van der Waals surface area (Å²) >= 11 is 0. The third-order valence-corrected chi connectivity index (χ3v) is 6.66. The van der Waals surface area contributed by atoms with Gasteiger partial charge in [-0.15, -0.1) is 0 Å². The average molecular weight is 485 g/mol. The van der Waals surface area contributed by atoms with Crippen LogP contribution in [-0.2, 0) is 10.2 Å². The molecule has 1 unspecified atom stereocenters. The topological polar surface area (TPSA) is 115 Å². The van der Waals surface area contributed by atoms with Crippen molar-refractivity contribution in [3.05, 3.63) is 77.6 Å². The van der Waals surface area contributed by atoms with Crippen LogP contribution in [0.1, 0.15) is 86.2 Å². The molecular weight excluding hydrogens is 452 g/mol. The molecule has 1 aliphatic rings. The number of nitriles is 1. The van der Waals surface area contributed by atoms with Gasteiger partial charge in [0.05, 0.1) is 12.5 Å². The van der Waals surface area contributed by atoms with E-state index in [2.05, 4.69) is 47.1 Å². The van der Waals surface area contributed by atoms with E-state index in [1.165, 1.54) is 23.6 Å². The van der Waals surface area contributed by atoms with Crippen molar-refractivity contribution in [1.82, 2.24) is 20.3 Å². The molecule has 1 aromatic carbocycles. The Labute approximate surface area is 211 Å². The fourth-order valence-electron chi connectivity index (χ4n) is 4.66. The highest BCUT2D eigenvalue weighted by Crippen LogP contribution is 2.33. The number of carbonyl (C=O) groups excluding carboxylic acids is 2. The van der Waals surface area contributed by atoms with Gasteiger partial charge in [0, 0.05) is 23.5 Å². The summed E-state index contributed by atoms with van der Waals surface area (Å²) in [5.74, 6) is -0.758. The summed E-state index contributed by atoms with van der Waals surface area (Å²) in [6.07, 6.45) is 9.42. The van der Waals surface area contributed by atoms with Gasteiger partial charge in [-0.2, -0.15) is 5.26 Å². The standard InChI is InChI=1S/C28H32N6O2/c1-28(2,3)19-11-13-21(14-12-19)34(27(36)24-17-30-18-32-24)25(22-10-7-15-31-23(22)16-29)26(35)33-20-8-5-4-6-9-20/h7,10-15,17-18,20,25H,4-6,8-9H2,1-3H3,(H,30,32)(H,33,35). The average Bonchev–Trinajstić information content (AvgIpc) is 3.42. The highest BCUT2D eigenvalue weighted by Gasteiger charge is 2.37. The molecule has 2 aromatic heterocycles. The minimum atomic E-state index is -1.09. The predicted molar refractivity (Wildman–Crippen MR) is 137 cm³/mol. The van der Waals surface area contributed by atoms with E-state index < -0.39 is 11.9 Å². The Bertz CT molecular complexity index is 1230. The van der Waals surface area contributed by atoms with Crippen molar-refractivity contribution in [3.8, 4) is 6.07 Å². The van der Waals surface area contributed by atoms with E-state index in [0.29, 0.717) is 11.3 Å². The van der Waals surface area contributed by atoms with Gasteiger partial charge in [-0.3, -0.25) is 14.5 Å². The maximum Gasteiger partial charge on any atom is 0.277 e. The van der Waals surface area contributed by atoms with Gasteiger partial charge in [-0.1, -0.05) is 58.2 Å². The smallest absolute Gasteiger partial charge is 0.277 e. The van der Waals surface area contributed by atoms with Crippen LogP contribution < -0.4 is 10.2 Å². The number of amides is 2. The molecule has 4 rings (SSSR count). The van der Waals surface area contributed by atoms with Crippen molar-refractivity contribution in [2.24, 2.45) is 0 Å². The minimum Gasteiger partial charge on any atom is -0.351 e. The van der Waals surface area contributed by atoms with E-state index in [4.69, 9.17) is 0 Å². The first-order chi connectivity index (χ1) is 17.3. The van der Waals surface area contributed by atoms with E-state index in [9.17, 15) is 14.9 Å². The minimum absolute atomic E-state index is 0.0309. The Kier molecular flexibility index (Phi) is 7.49. The van der Waals surface area contributed by atoms with Crippen LogP contribution in [0.15, 0.2) is 55.1 Å². The number of carbonyl (C=O) groups is 2. The van der Waals surface area contributed by atoms with Crippen LogP contribution in [0.2, 0.25) is 0 Å². The Balaban J connectivity index is 1.84. The first-order valence-electron chi connectivity index (χ1n) is 12.4. The largest absolute Gasteiger partial charge is 0.351 e. The van der Waals surface area contributed by atoms with Crippen molar-refractivity contribution >= 4 is 17.5 Å². The maximum atomic E-state index is 13.9. The Hall–Kier alpha value is -3.99. The summed E-state index contributed by atoms with van der Waals surface area (Å²) < 4.78 is 0. The summed E-state index contributed by atoms with van der Waals surface area (Å²) in [6, 6.07) is 12.0. The number of imidazole rings is 1. The molecular formula is C28H32N6O2. The third kappa shape index (κ3) is 5.46. The molecule has 0 spiro atoms. The Morgan fingerprint density at radius 3 is 2.47 bits per heavy atom. The Morgan fingerprint density at radius 2 is 1.86 bits per heavy atom. The molecule has 3 aromatic rings. The van der Waals surface area contributed by atoms with Gasteiger partial charge in [0.1, 0.15) is 23.5 Å². The molecule has 36 heavy (non-hydrogen) atoms. The molecule has 2 amide bonds. The highest BCUT2D eigenvalue weighted by atomic mass is 16.2. The molecule has 0 radical (unpaired) electrons. The molecule has 1 aliphatic carbocycles. The van der Waals surface area contributed by atoms with Crippen LogP contribution in [0, 0.1) is 11.3 Å². The van der Waals surface area contributed by atoms with E-state index in [-0.39, 0.29) is 28.8 Å². The van der Waals surface area contributed by atoms with Gasteiger partial charge < -0.3 is 10.3 Å². The molecule has 0 aliphatic heterocycles. The molecule has 0 saturated heterocycles. The summed E-state index contributed by atoms with van der Waals surface area (Å²) in [7, 11) is 0. The number of hydrogen-bond acceptors (Lipinski definition) is 5. The van der Waals surface area contributed by atoms with E-state index >= 15 is 0 Å². The van der Waals surface area contributed by atoms with Crippen molar-refractivity contribution in [2.45, 2.75) is 70.4 Å². The summed E-state index contributed by atoms with van der Waals surface area (Å²) in [4.78, 5) is 40.3. The first-order valence-corrected chi connectivity index (χ1v) is 12.4. The zero-order valence-electron chi connectivity index (χ0n) is 21.0. The molecule has 8 heteroatoms. The van der Waals surface area contributed by atoms with Crippen LogP contribution in [0.5, 0.6) is 0 Å². The third-order valence-electron chi connectivity index (χ3n) is 6.66. The summed E-state index contributed by atoms with van der Waals surface area (Å²) in [5.41, 5.74) is 2.29. The van der Waals surface area contributed by atoms with Crippen LogP contribution in [0.4, 0.5) is 5.69 Å². The SMILES string of the molecule is CC(C)(C)c1ccc(N(C(=O)c2cnc[nH]2)C(C(=O)NC2CCCCC2)c2cccnc2C#N)cc1. The second-order valence-corrected chi connectivity index (χ2v) is 10.2. The number of benzene rings is 1. The number of nitrogens with one attached hydrogen (secondary N) is 2. The lowest BCUT2D eigenvalue weighted by atomic mass is 9.87. The van der Waals surface area contributed by atoms with Crippen molar-refractivity contribution in [2.75, 3.05) is 4.90 Å². The van der Waals surface area contributed by atoms with E-state index in [1.54, 1.807) is 12.1 Å². The molecule has 8 nitrogen and oxygen atoms in total. The summed E-state index contributed by atoms with van der Waals surface area (Å²) in [6.45, 7) is 6.35. The number of H-pyrrole nitrogens is 1. The number of aromatic amines is 1. The van der Waals surface area contributed by atoms with Crippen LogP contribution in [0.25, 0.3) is 0 Å². The quantitative estimate of drug-likeness (QED) is 0.521. The van der Waals surface area contributed by atoms with Gasteiger partial charge in [-0.25, -0.2) is 9.97 Å². The fourth-order valence-corrected chi connectivity index (χ4v) is 4.66. The molecule has 2 N–H and O–H groups in total. The molecule has 2 heterocycles. The molecule has 1 fully saturated rings. The predicted octanol–water partition coefficient (Wildman–Crippen LogP) is 4.81. The first kappa shape index (κ1) is 25.1. The van der Waals surface area contributed by atoms with Gasteiger partial charge in [0.25, 0.3) is 5.91 Å². The second-order valence-electron chi connectivity index (χ2n) is 10.2. The van der Waals surface area contributed by atoms with Crippen molar-refractivity contribution in [1.29, 1.82) is 5.26 Å². The van der Waals surface area contributed by atoms with Gasteiger partial charge in [-0.05, 0) is 42.0 Å². The van der Waals surface area contributed by atoms with Crippen LogP contribution in [-0.4, -0.2) is 32.8 Å². The lowest BCUT2D eigenvalue weighted by Crippen LogP contribution is -2.47. The van der Waals surface area contributed by atoms with Gasteiger partial charge >= 0.3 is 0 Å². The summed E-state index contributed by atoms with van der Waals surface area (Å²) in [5, 5.41) is 13.0. The molecule has 186 valence electrons. The zero-order chi connectivity index (χ0) is 25.7. The zero-order valence-corrected chi connectivity index (χ0v) is 21.0. The lowest BCUT2D eigenvalue weighted by Gasteiger charge is -2.33. The van der Waals surface area contributed by atoms with E-state index in [0.717, 1.165) is 37.7 Å². The van der Waals surface area contributed by atoms with Crippen molar-refractivity contribution < 1.29 is 9.59 Å². The monoisotopic (exact) mass is 484 g/mol.